The van der Waals surface area contributed by atoms with Gasteiger partial charge in [0.25, 0.3) is 0 Å². The molecule has 2 N–H and O–H groups in total. The number of hydrogen-bond acceptors (Lipinski definition) is 2. The fourth-order valence-electron chi connectivity index (χ4n) is 3.52. The van der Waals surface area contributed by atoms with Crippen molar-refractivity contribution in [3.05, 3.63) is 0 Å². The van der Waals surface area contributed by atoms with Crippen molar-refractivity contribution in [1.29, 1.82) is 0 Å². The van der Waals surface area contributed by atoms with E-state index in [9.17, 15) is 14.7 Å². The number of carboxylic acids is 1. The molecule has 0 aromatic rings. The van der Waals surface area contributed by atoms with E-state index in [1.54, 1.807) is 0 Å². The van der Waals surface area contributed by atoms with Crippen molar-refractivity contribution >= 4 is 11.9 Å². The van der Waals surface area contributed by atoms with E-state index in [1.807, 2.05) is 0 Å². The minimum Gasteiger partial charge on any atom is -0.480 e. The normalized spacial score (nSPS) is 19.8. The van der Waals surface area contributed by atoms with Crippen LogP contribution in [-0.2, 0) is 9.59 Å². The molecule has 21 heavy (non-hydrogen) atoms. The Morgan fingerprint density at radius 1 is 1.19 bits per heavy atom. The van der Waals surface area contributed by atoms with Gasteiger partial charge in [0.1, 0.15) is 6.04 Å². The minimum absolute atomic E-state index is 0.0955. The van der Waals surface area contributed by atoms with Crippen molar-refractivity contribution in [3.63, 3.8) is 0 Å². The zero-order chi connectivity index (χ0) is 16.0. The van der Waals surface area contributed by atoms with Gasteiger partial charge in [0.15, 0.2) is 0 Å². The van der Waals surface area contributed by atoms with Crippen molar-refractivity contribution in [1.82, 2.24) is 5.32 Å². The largest absolute Gasteiger partial charge is 0.480 e. The highest BCUT2D eigenvalue weighted by Crippen LogP contribution is 2.28. The fourth-order valence-corrected chi connectivity index (χ4v) is 3.52. The summed E-state index contributed by atoms with van der Waals surface area (Å²) in [5, 5.41) is 12.1. The topological polar surface area (TPSA) is 66.4 Å². The van der Waals surface area contributed by atoms with E-state index in [2.05, 4.69) is 33.0 Å². The molecule has 0 aromatic carbocycles. The first-order chi connectivity index (χ1) is 9.69. The maximum Gasteiger partial charge on any atom is 0.326 e. The van der Waals surface area contributed by atoms with Gasteiger partial charge in [0.2, 0.25) is 5.91 Å². The van der Waals surface area contributed by atoms with Crippen LogP contribution in [0.15, 0.2) is 0 Å². The molecule has 1 fully saturated rings. The monoisotopic (exact) mass is 297 g/mol. The van der Waals surface area contributed by atoms with E-state index in [4.69, 9.17) is 0 Å². The van der Waals surface area contributed by atoms with E-state index >= 15 is 0 Å². The molecule has 1 amide bonds. The third-order valence-electron chi connectivity index (χ3n) is 4.20. The number of nitrogens with one attached hydrogen (secondary N) is 1. The Morgan fingerprint density at radius 3 is 2.24 bits per heavy atom. The van der Waals surface area contributed by atoms with Crippen LogP contribution in [0.4, 0.5) is 0 Å². The molecule has 0 radical (unpaired) electrons. The average Bonchev–Trinajstić information content (AvgIpc) is 2.34. The van der Waals surface area contributed by atoms with Crippen molar-refractivity contribution in [2.45, 2.75) is 78.7 Å². The Morgan fingerprint density at radius 2 is 1.76 bits per heavy atom. The number of carbonyl (C=O) groups is 2. The van der Waals surface area contributed by atoms with E-state index < -0.39 is 12.0 Å². The summed E-state index contributed by atoms with van der Waals surface area (Å²) in [6.45, 7) is 8.53. The predicted octanol–water partition coefficient (Wildman–Crippen LogP) is 3.60. The highest BCUT2D eigenvalue weighted by Gasteiger charge is 2.31. The Bertz CT molecular complexity index is 354. The predicted molar refractivity (Wildman–Crippen MR) is 84.0 cm³/mol. The number of aliphatic carboxylic acids is 1. The summed E-state index contributed by atoms with van der Waals surface area (Å²) in [7, 11) is 0. The summed E-state index contributed by atoms with van der Waals surface area (Å²) in [6.07, 6.45) is 6.52. The SMILES string of the molecule is CC(CC(=O)NC(C(=O)O)C1CCCCC1)CC(C)(C)C. The van der Waals surface area contributed by atoms with Gasteiger partial charge in [-0.25, -0.2) is 4.79 Å². The number of rotatable bonds is 6. The van der Waals surface area contributed by atoms with E-state index in [-0.39, 0.29) is 23.2 Å². The van der Waals surface area contributed by atoms with Crippen molar-refractivity contribution < 1.29 is 14.7 Å². The molecule has 0 aromatic heterocycles. The highest BCUT2D eigenvalue weighted by molar-refractivity contribution is 5.83. The molecule has 122 valence electrons. The number of carboxylic acid groups (broad SMARTS) is 1. The van der Waals surface area contributed by atoms with Crippen LogP contribution in [0.2, 0.25) is 0 Å². The minimum atomic E-state index is -0.890. The molecule has 4 nitrogen and oxygen atoms in total. The molecule has 1 aliphatic rings. The second kappa shape index (κ2) is 7.81. The third-order valence-corrected chi connectivity index (χ3v) is 4.20. The lowest BCUT2D eigenvalue weighted by Crippen LogP contribution is -2.46. The smallest absolute Gasteiger partial charge is 0.326 e. The lowest BCUT2D eigenvalue weighted by Gasteiger charge is -2.29. The molecule has 0 aliphatic heterocycles. The first kappa shape index (κ1) is 18.0. The quantitative estimate of drug-likeness (QED) is 0.787. The van der Waals surface area contributed by atoms with Gasteiger partial charge < -0.3 is 10.4 Å². The zero-order valence-corrected chi connectivity index (χ0v) is 13.9. The van der Waals surface area contributed by atoms with Gasteiger partial charge in [-0.05, 0) is 36.5 Å². The summed E-state index contributed by atoms with van der Waals surface area (Å²) in [6, 6.07) is -0.709. The van der Waals surface area contributed by atoms with Crippen molar-refractivity contribution in [2.24, 2.45) is 17.3 Å². The molecule has 1 aliphatic carbocycles. The molecule has 2 atom stereocenters. The molecule has 4 heteroatoms. The fraction of sp³-hybridized carbons (Fsp3) is 0.882. The Balaban J connectivity index is 2.50. The summed E-state index contributed by atoms with van der Waals surface area (Å²) >= 11 is 0. The number of hydrogen-bond donors (Lipinski definition) is 2. The lowest BCUT2D eigenvalue weighted by atomic mass is 9.83. The molecular weight excluding hydrogens is 266 g/mol. The molecule has 1 rings (SSSR count). The Kier molecular flexibility index (Phi) is 6.69. The van der Waals surface area contributed by atoms with Crippen LogP contribution < -0.4 is 5.32 Å². The second-order valence-corrected chi connectivity index (χ2v) is 7.86. The summed E-state index contributed by atoms with van der Waals surface area (Å²) in [5.74, 6) is -0.646. The first-order valence-corrected chi connectivity index (χ1v) is 8.21. The van der Waals surface area contributed by atoms with Gasteiger partial charge >= 0.3 is 5.97 Å². The number of carbonyl (C=O) groups excluding carboxylic acids is 1. The van der Waals surface area contributed by atoms with Crippen LogP contribution in [0.1, 0.15) is 72.6 Å². The van der Waals surface area contributed by atoms with Gasteiger partial charge in [0.05, 0.1) is 0 Å². The van der Waals surface area contributed by atoms with E-state index in [0.717, 1.165) is 32.1 Å². The van der Waals surface area contributed by atoms with Crippen LogP contribution in [-0.4, -0.2) is 23.0 Å². The Labute approximate surface area is 128 Å². The number of amides is 1. The lowest BCUT2D eigenvalue weighted by molar-refractivity contribution is -0.144. The summed E-state index contributed by atoms with van der Waals surface area (Å²) in [4.78, 5) is 23.6. The van der Waals surface area contributed by atoms with Crippen LogP contribution in [0.25, 0.3) is 0 Å². The molecule has 0 bridgehead atoms. The van der Waals surface area contributed by atoms with Crippen LogP contribution >= 0.6 is 0 Å². The molecular formula is C17H31NO3. The maximum absolute atomic E-state index is 12.1. The van der Waals surface area contributed by atoms with Crippen LogP contribution in [0.3, 0.4) is 0 Å². The van der Waals surface area contributed by atoms with Gasteiger partial charge in [0, 0.05) is 6.42 Å². The van der Waals surface area contributed by atoms with Gasteiger partial charge in [-0.3, -0.25) is 4.79 Å². The summed E-state index contributed by atoms with van der Waals surface area (Å²) in [5.41, 5.74) is 0.190. The molecule has 1 saturated carbocycles. The first-order valence-electron chi connectivity index (χ1n) is 8.21. The molecule has 0 spiro atoms. The second-order valence-electron chi connectivity index (χ2n) is 7.86. The average molecular weight is 297 g/mol. The molecule has 0 heterocycles. The molecule has 0 saturated heterocycles. The maximum atomic E-state index is 12.1. The standard InChI is InChI=1S/C17H31NO3/c1-12(11-17(2,3)4)10-14(19)18-15(16(20)21)13-8-6-5-7-9-13/h12-13,15H,5-11H2,1-4H3,(H,18,19)(H,20,21). The molecule has 2 unspecified atom stereocenters. The van der Waals surface area contributed by atoms with Gasteiger partial charge in [-0.1, -0.05) is 47.0 Å². The van der Waals surface area contributed by atoms with E-state index in [0.29, 0.717) is 6.42 Å². The van der Waals surface area contributed by atoms with Gasteiger partial charge in [-0.2, -0.15) is 0 Å². The zero-order valence-electron chi connectivity index (χ0n) is 13.9. The Hall–Kier alpha value is -1.06. The van der Waals surface area contributed by atoms with Gasteiger partial charge in [-0.15, -0.1) is 0 Å². The van der Waals surface area contributed by atoms with Crippen molar-refractivity contribution in [2.75, 3.05) is 0 Å². The summed E-state index contributed by atoms with van der Waals surface area (Å²) < 4.78 is 0. The van der Waals surface area contributed by atoms with Crippen molar-refractivity contribution in [3.8, 4) is 0 Å². The van der Waals surface area contributed by atoms with Crippen LogP contribution in [0, 0.1) is 17.3 Å². The van der Waals surface area contributed by atoms with Crippen LogP contribution in [0.5, 0.6) is 0 Å². The third kappa shape index (κ3) is 6.96. The van der Waals surface area contributed by atoms with E-state index in [1.165, 1.54) is 6.42 Å². The highest BCUT2D eigenvalue weighted by atomic mass is 16.4.